The molecule has 1 fully saturated rings. The number of carbonyl (C=O) groups is 2. The Morgan fingerprint density at radius 3 is 2.42 bits per heavy atom. The molecule has 0 aliphatic carbocycles. The number of aromatic nitrogens is 1. The van der Waals surface area contributed by atoms with Gasteiger partial charge in [0.2, 0.25) is 0 Å². The average Bonchev–Trinajstić information content (AvgIpc) is 2.96. The van der Waals surface area contributed by atoms with Gasteiger partial charge >= 0.3 is 6.18 Å². The number of halogens is 5. The fourth-order valence-corrected chi connectivity index (χ4v) is 3.63. The second-order valence-electron chi connectivity index (χ2n) is 7.41. The number of anilines is 1. The Labute approximate surface area is 173 Å². The third-order valence-corrected chi connectivity index (χ3v) is 5.54. The molecule has 1 aromatic heterocycles. The zero-order valence-corrected chi connectivity index (χ0v) is 16.3. The Kier molecular flexibility index (Phi) is 5.74. The zero-order valence-electron chi connectivity index (χ0n) is 16.3. The van der Waals surface area contributed by atoms with Crippen LogP contribution >= 0.6 is 0 Å². The summed E-state index contributed by atoms with van der Waals surface area (Å²) in [6.07, 6.45) is -5.34. The van der Waals surface area contributed by atoms with Crippen molar-refractivity contribution < 1.29 is 36.3 Å². The first-order chi connectivity index (χ1) is 14.3. The average molecular weight is 443 g/mol. The molecule has 6 nitrogen and oxygen atoms in total. The molecule has 0 saturated carbocycles. The van der Waals surface area contributed by atoms with Crippen LogP contribution in [0, 0.1) is 17.6 Å². The highest BCUT2D eigenvalue weighted by Gasteiger charge is 2.65. The summed E-state index contributed by atoms with van der Waals surface area (Å²) < 4.78 is 73.7. The second kappa shape index (κ2) is 7.88. The number of pyridine rings is 1. The summed E-state index contributed by atoms with van der Waals surface area (Å²) >= 11 is 0. The molecule has 166 valence electrons. The van der Waals surface area contributed by atoms with Crippen molar-refractivity contribution in [1.29, 1.82) is 0 Å². The Hall–Kier alpha value is -3.08. The lowest BCUT2D eigenvalue weighted by molar-refractivity contribution is -0.272. The fraction of sp³-hybridized carbons (Fsp3) is 0.350. The summed E-state index contributed by atoms with van der Waals surface area (Å²) in [6, 6.07) is 5.09. The number of ether oxygens (including phenoxy) is 1. The first-order valence-corrected chi connectivity index (χ1v) is 9.11. The summed E-state index contributed by atoms with van der Waals surface area (Å²) in [5.74, 6) is -6.82. The fourth-order valence-electron chi connectivity index (χ4n) is 3.63. The van der Waals surface area contributed by atoms with Crippen LogP contribution in [-0.4, -0.2) is 34.7 Å². The van der Waals surface area contributed by atoms with Crippen molar-refractivity contribution in [1.82, 2.24) is 4.98 Å². The molecule has 2 heterocycles. The SMILES string of the molecule is C[C@H]1[C@@H](c2ccc(F)c(F)c2)[C@H](C(=O)Nc2ccnc(C(N)=O)c2)O[C@@]1(C)C(F)(F)F. The minimum absolute atomic E-state index is 0.0212. The first kappa shape index (κ1) is 22.6. The van der Waals surface area contributed by atoms with Crippen molar-refractivity contribution in [3.05, 3.63) is 59.4 Å². The van der Waals surface area contributed by atoms with Gasteiger partial charge in [0.25, 0.3) is 11.8 Å². The van der Waals surface area contributed by atoms with Gasteiger partial charge in [-0.25, -0.2) is 8.78 Å². The van der Waals surface area contributed by atoms with Gasteiger partial charge in [-0.1, -0.05) is 13.0 Å². The third-order valence-electron chi connectivity index (χ3n) is 5.54. The number of amides is 2. The van der Waals surface area contributed by atoms with E-state index >= 15 is 0 Å². The highest BCUT2D eigenvalue weighted by atomic mass is 19.4. The van der Waals surface area contributed by atoms with Crippen molar-refractivity contribution >= 4 is 17.5 Å². The van der Waals surface area contributed by atoms with Crippen molar-refractivity contribution in [3.8, 4) is 0 Å². The number of carbonyl (C=O) groups excluding carboxylic acids is 2. The molecule has 0 bridgehead atoms. The topological polar surface area (TPSA) is 94.3 Å². The van der Waals surface area contributed by atoms with Crippen LogP contribution in [-0.2, 0) is 9.53 Å². The lowest BCUT2D eigenvalue weighted by Crippen LogP contribution is -2.47. The lowest BCUT2D eigenvalue weighted by Gasteiger charge is -2.31. The molecule has 0 spiro atoms. The molecule has 0 radical (unpaired) electrons. The highest BCUT2D eigenvalue weighted by Crippen LogP contribution is 2.53. The Morgan fingerprint density at radius 2 is 1.84 bits per heavy atom. The van der Waals surface area contributed by atoms with E-state index in [0.717, 1.165) is 31.2 Å². The zero-order chi connectivity index (χ0) is 23.1. The smallest absolute Gasteiger partial charge is 0.364 e. The molecular formula is C20H18F5N3O3. The highest BCUT2D eigenvalue weighted by molar-refractivity contribution is 5.97. The summed E-state index contributed by atoms with van der Waals surface area (Å²) in [6.45, 7) is 2.03. The number of hydrogen-bond donors (Lipinski definition) is 2. The molecule has 1 aliphatic rings. The summed E-state index contributed by atoms with van der Waals surface area (Å²) in [7, 11) is 0. The molecule has 11 heteroatoms. The Morgan fingerprint density at radius 1 is 1.16 bits per heavy atom. The quantitative estimate of drug-likeness (QED) is 0.707. The van der Waals surface area contributed by atoms with Gasteiger partial charge in [-0.15, -0.1) is 0 Å². The summed E-state index contributed by atoms with van der Waals surface area (Å²) in [4.78, 5) is 27.9. The largest absolute Gasteiger partial charge is 0.417 e. The van der Waals surface area contributed by atoms with Crippen LogP contribution in [0.1, 0.15) is 35.8 Å². The number of hydrogen-bond acceptors (Lipinski definition) is 4. The maximum Gasteiger partial charge on any atom is 0.417 e. The van der Waals surface area contributed by atoms with Crippen LogP contribution < -0.4 is 11.1 Å². The van der Waals surface area contributed by atoms with Crippen LogP contribution in [0.4, 0.5) is 27.6 Å². The number of primary amides is 1. The predicted octanol–water partition coefficient (Wildman–Crippen LogP) is 3.54. The van der Waals surface area contributed by atoms with Crippen LogP contribution in [0.5, 0.6) is 0 Å². The van der Waals surface area contributed by atoms with Gasteiger partial charge in [0.1, 0.15) is 11.8 Å². The standard InChI is InChI=1S/C20H18F5N3O3/c1-9-15(10-3-4-12(21)13(22)7-10)16(31-19(9,2)20(23,24)25)18(30)28-11-5-6-27-14(8-11)17(26)29/h3-9,15-16H,1-2H3,(H2,26,29)(H,27,28,30)/t9-,15-,16+,19+/m0/s1. The van der Waals surface area contributed by atoms with E-state index in [9.17, 15) is 31.5 Å². The molecule has 3 N–H and O–H groups in total. The van der Waals surface area contributed by atoms with Gasteiger partial charge in [0.05, 0.1) is 0 Å². The third kappa shape index (κ3) is 4.09. The number of benzene rings is 1. The molecule has 0 unspecified atom stereocenters. The maximum absolute atomic E-state index is 13.8. The molecule has 4 atom stereocenters. The Balaban J connectivity index is 2.00. The lowest BCUT2D eigenvalue weighted by atomic mass is 9.77. The van der Waals surface area contributed by atoms with E-state index in [1.165, 1.54) is 19.2 Å². The van der Waals surface area contributed by atoms with Crippen molar-refractivity contribution in [2.24, 2.45) is 11.7 Å². The van der Waals surface area contributed by atoms with Crippen molar-refractivity contribution in [3.63, 3.8) is 0 Å². The van der Waals surface area contributed by atoms with Crippen LogP contribution in [0.3, 0.4) is 0 Å². The van der Waals surface area contributed by atoms with Gasteiger partial charge in [-0.05, 0) is 36.8 Å². The molecular weight excluding hydrogens is 425 g/mol. The number of nitrogens with two attached hydrogens (primary N) is 1. The molecule has 2 amide bonds. The first-order valence-electron chi connectivity index (χ1n) is 9.11. The van der Waals surface area contributed by atoms with Crippen LogP contribution in [0.15, 0.2) is 36.5 Å². The van der Waals surface area contributed by atoms with E-state index in [-0.39, 0.29) is 16.9 Å². The normalized spacial score (nSPS) is 26.0. The number of nitrogens with one attached hydrogen (secondary N) is 1. The van der Waals surface area contributed by atoms with E-state index in [2.05, 4.69) is 10.3 Å². The van der Waals surface area contributed by atoms with E-state index < -0.39 is 53.2 Å². The maximum atomic E-state index is 13.8. The summed E-state index contributed by atoms with van der Waals surface area (Å²) in [5, 5.41) is 2.37. The molecule has 1 aliphatic heterocycles. The molecule has 1 saturated heterocycles. The molecule has 2 aromatic rings. The second-order valence-corrected chi connectivity index (χ2v) is 7.41. The van der Waals surface area contributed by atoms with Crippen molar-refractivity contribution in [2.75, 3.05) is 5.32 Å². The van der Waals surface area contributed by atoms with Gasteiger partial charge < -0.3 is 15.8 Å². The van der Waals surface area contributed by atoms with Gasteiger partial charge in [-0.2, -0.15) is 13.2 Å². The van der Waals surface area contributed by atoms with Crippen LogP contribution in [0.25, 0.3) is 0 Å². The van der Waals surface area contributed by atoms with Crippen LogP contribution in [0.2, 0.25) is 0 Å². The summed E-state index contributed by atoms with van der Waals surface area (Å²) in [5.41, 5.74) is 2.27. The molecule has 1 aromatic carbocycles. The van der Waals surface area contributed by atoms with E-state index in [1.54, 1.807) is 0 Å². The van der Waals surface area contributed by atoms with Crippen molar-refractivity contribution in [2.45, 2.75) is 37.6 Å². The van der Waals surface area contributed by atoms with Gasteiger partial charge in [-0.3, -0.25) is 14.6 Å². The van der Waals surface area contributed by atoms with Gasteiger partial charge in [0, 0.05) is 23.7 Å². The minimum Gasteiger partial charge on any atom is -0.364 e. The predicted molar refractivity (Wildman–Crippen MR) is 99.0 cm³/mol. The minimum atomic E-state index is -4.84. The molecule has 3 rings (SSSR count). The Bertz CT molecular complexity index is 1030. The van der Waals surface area contributed by atoms with E-state index in [0.29, 0.717) is 0 Å². The molecule has 31 heavy (non-hydrogen) atoms. The van der Waals surface area contributed by atoms with Gasteiger partial charge in [0.15, 0.2) is 17.2 Å². The number of rotatable bonds is 4. The van der Waals surface area contributed by atoms with E-state index in [4.69, 9.17) is 10.5 Å². The monoisotopic (exact) mass is 443 g/mol. The van der Waals surface area contributed by atoms with E-state index in [1.807, 2.05) is 0 Å². The number of nitrogens with zero attached hydrogens (tertiary/aromatic N) is 1. The number of alkyl halides is 3.